The van der Waals surface area contributed by atoms with Gasteiger partial charge in [-0.15, -0.1) is 5.10 Å². The van der Waals surface area contributed by atoms with Crippen LogP contribution in [0.25, 0.3) is 0 Å². The number of ether oxygens (including phenoxy) is 1. The molecule has 0 bridgehead atoms. The van der Waals surface area contributed by atoms with Crippen LogP contribution in [0.4, 0.5) is 11.5 Å². The van der Waals surface area contributed by atoms with Gasteiger partial charge < -0.3 is 19.4 Å². The molecule has 2 fully saturated rings. The van der Waals surface area contributed by atoms with Crippen molar-refractivity contribution in [1.82, 2.24) is 15.1 Å². The van der Waals surface area contributed by atoms with Crippen LogP contribution < -0.4 is 14.5 Å². The third kappa shape index (κ3) is 4.01. The number of methoxy groups -OCH3 is 1. The first kappa shape index (κ1) is 19.2. The van der Waals surface area contributed by atoms with Crippen molar-refractivity contribution in [3.05, 3.63) is 42.1 Å². The van der Waals surface area contributed by atoms with Crippen molar-refractivity contribution < 1.29 is 14.3 Å². The number of amides is 2. The summed E-state index contributed by atoms with van der Waals surface area (Å²) in [6, 6.07) is 11.3. The van der Waals surface area contributed by atoms with Gasteiger partial charge in [0.25, 0.3) is 0 Å². The number of rotatable bonds is 4. The molecular weight excluding hydrogens is 370 g/mol. The van der Waals surface area contributed by atoms with Gasteiger partial charge in [-0.3, -0.25) is 9.59 Å². The Labute approximate surface area is 170 Å². The van der Waals surface area contributed by atoms with E-state index in [1.165, 1.54) is 0 Å². The van der Waals surface area contributed by atoms with Crippen molar-refractivity contribution in [2.45, 2.75) is 13.3 Å². The molecule has 0 radical (unpaired) electrons. The smallest absolute Gasteiger partial charge is 0.228 e. The predicted octanol–water partition coefficient (Wildman–Crippen LogP) is 1.50. The number of piperazine rings is 1. The molecule has 29 heavy (non-hydrogen) atoms. The predicted molar refractivity (Wildman–Crippen MR) is 109 cm³/mol. The van der Waals surface area contributed by atoms with Gasteiger partial charge in [-0.2, -0.15) is 5.10 Å². The minimum absolute atomic E-state index is 0.0120. The Bertz CT molecular complexity index is 876. The van der Waals surface area contributed by atoms with Gasteiger partial charge in [-0.05, 0) is 43.3 Å². The first-order valence-electron chi connectivity index (χ1n) is 9.83. The Balaban J connectivity index is 1.35. The molecule has 2 aliphatic heterocycles. The molecule has 0 saturated carbocycles. The van der Waals surface area contributed by atoms with E-state index in [0.29, 0.717) is 32.7 Å². The topological polar surface area (TPSA) is 78.9 Å². The Morgan fingerprint density at radius 3 is 2.38 bits per heavy atom. The molecule has 0 aliphatic carbocycles. The van der Waals surface area contributed by atoms with E-state index in [1.54, 1.807) is 12.0 Å². The van der Waals surface area contributed by atoms with E-state index in [9.17, 15) is 9.59 Å². The average molecular weight is 395 g/mol. The van der Waals surface area contributed by atoms with Crippen LogP contribution in [0.3, 0.4) is 0 Å². The van der Waals surface area contributed by atoms with Crippen molar-refractivity contribution in [1.29, 1.82) is 0 Å². The van der Waals surface area contributed by atoms with E-state index in [4.69, 9.17) is 4.74 Å². The second-order valence-corrected chi connectivity index (χ2v) is 7.45. The molecule has 1 unspecified atom stereocenters. The minimum Gasteiger partial charge on any atom is -0.497 e. The number of nitrogens with zero attached hydrogens (tertiary/aromatic N) is 5. The summed E-state index contributed by atoms with van der Waals surface area (Å²) in [5.74, 6) is 1.33. The maximum atomic E-state index is 13.0. The quantitative estimate of drug-likeness (QED) is 0.781. The van der Waals surface area contributed by atoms with Gasteiger partial charge in [0.1, 0.15) is 5.75 Å². The summed E-state index contributed by atoms with van der Waals surface area (Å²) in [7, 11) is 1.61. The first-order valence-corrected chi connectivity index (χ1v) is 9.83. The zero-order valence-electron chi connectivity index (χ0n) is 16.7. The highest BCUT2D eigenvalue weighted by molar-refractivity contribution is 6.00. The van der Waals surface area contributed by atoms with Gasteiger partial charge in [0.2, 0.25) is 11.8 Å². The fourth-order valence-corrected chi connectivity index (χ4v) is 3.86. The lowest BCUT2D eigenvalue weighted by Gasteiger charge is -2.36. The summed E-state index contributed by atoms with van der Waals surface area (Å²) in [6.07, 6.45) is 0.258. The zero-order chi connectivity index (χ0) is 20.4. The number of hydrogen-bond acceptors (Lipinski definition) is 6. The molecule has 152 valence electrons. The maximum Gasteiger partial charge on any atom is 0.228 e. The van der Waals surface area contributed by atoms with E-state index in [1.807, 2.05) is 48.2 Å². The van der Waals surface area contributed by atoms with Gasteiger partial charge in [-0.1, -0.05) is 0 Å². The van der Waals surface area contributed by atoms with Crippen molar-refractivity contribution >= 4 is 23.3 Å². The molecule has 0 N–H and O–H groups in total. The molecule has 3 heterocycles. The Hall–Kier alpha value is -3.16. The highest BCUT2D eigenvalue weighted by Crippen LogP contribution is 2.28. The fourth-order valence-electron chi connectivity index (χ4n) is 3.86. The Morgan fingerprint density at radius 2 is 1.76 bits per heavy atom. The Kier molecular flexibility index (Phi) is 5.33. The van der Waals surface area contributed by atoms with Crippen LogP contribution >= 0.6 is 0 Å². The van der Waals surface area contributed by atoms with Gasteiger partial charge in [0.15, 0.2) is 5.82 Å². The van der Waals surface area contributed by atoms with Crippen molar-refractivity contribution in [3.8, 4) is 5.75 Å². The van der Waals surface area contributed by atoms with E-state index in [2.05, 4.69) is 15.1 Å². The molecule has 2 aliphatic rings. The molecule has 1 atom stereocenters. The second-order valence-electron chi connectivity index (χ2n) is 7.45. The number of benzene rings is 1. The molecule has 0 spiro atoms. The summed E-state index contributed by atoms with van der Waals surface area (Å²) in [5.41, 5.74) is 1.68. The normalized spacial score (nSPS) is 19.6. The minimum atomic E-state index is -0.296. The highest BCUT2D eigenvalue weighted by Gasteiger charge is 2.38. The molecule has 8 nitrogen and oxygen atoms in total. The van der Waals surface area contributed by atoms with Crippen molar-refractivity contribution in [2.24, 2.45) is 5.92 Å². The van der Waals surface area contributed by atoms with Gasteiger partial charge in [-0.25, -0.2) is 0 Å². The van der Waals surface area contributed by atoms with Crippen molar-refractivity contribution in [3.63, 3.8) is 0 Å². The third-order valence-electron chi connectivity index (χ3n) is 5.56. The van der Waals surface area contributed by atoms with Crippen LogP contribution in [0, 0.1) is 12.8 Å². The number of aromatic nitrogens is 2. The molecule has 2 aromatic rings. The summed E-state index contributed by atoms with van der Waals surface area (Å²) < 4.78 is 5.17. The zero-order valence-corrected chi connectivity index (χ0v) is 16.7. The fraction of sp³-hybridized carbons (Fsp3) is 0.429. The lowest BCUT2D eigenvalue weighted by Crippen LogP contribution is -2.51. The van der Waals surface area contributed by atoms with E-state index < -0.39 is 0 Å². The van der Waals surface area contributed by atoms with Gasteiger partial charge in [0.05, 0.1) is 18.7 Å². The van der Waals surface area contributed by atoms with Crippen LogP contribution in [0.15, 0.2) is 36.4 Å². The Morgan fingerprint density at radius 1 is 1.03 bits per heavy atom. The molecule has 8 heteroatoms. The molecule has 1 aromatic heterocycles. The number of aryl methyl sites for hydroxylation is 1. The third-order valence-corrected chi connectivity index (χ3v) is 5.56. The second kappa shape index (κ2) is 8.06. The lowest BCUT2D eigenvalue weighted by molar-refractivity contribution is -0.136. The molecule has 4 rings (SSSR count). The maximum absolute atomic E-state index is 13.0. The van der Waals surface area contributed by atoms with Crippen LogP contribution in [0.5, 0.6) is 5.75 Å². The number of carbonyl (C=O) groups is 2. The standard InChI is InChI=1S/C21H25N5O3/c1-15-3-8-19(23-22-15)24-9-11-25(12-10-24)21(28)16-13-20(27)26(14-16)17-4-6-18(29-2)7-5-17/h3-8,16H,9-14H2,1-2H3. The van der Waals surface area contributed by atoms with E-state index >= 15 is 0 Å². The summed E-state index contributed by atoms with van der Waals surface area (Å²) >= 11 is 0. The summed E-state index contributed by atoms with van der Waals surface area (Å²) in [5, 5.41) is 8.33. The number of carbonyl (C=O) groups excluding carboxylic acids is 2. The SMILES string of the molecule is COc1ccc(N2CC(C(=O)N3CCN(c4ccc(C)nn4)CC3)CC2=O)cc1. The monoisotopic (exact) mass is 395 g/mol. The van der Waals surface area contributed by atoms with E-state index in [-0.39, 0.29) is 24.2 Å². The van der Waals surface area contributed by atoms with Crippen LogP contribution in [0.1, 0.15) is 12.1 Å². The van der Waals surface area contributed by atoms with Crippen LogP contribution in [-0.4, -0.2) is 66.7 Å². The molecule has 2 amide bonds. The molecule has 2 saturated heterocycles. The number of hydrogen-bond donors (Lipinski definition) is 0. The largest absolute Gasteiger partial charge is 0.497 e. The molecular formula is C21H25N5O3. The average Bonchev–Trinajstić information content (AvgIpc) is 3.15. The van der Waals surface area contributed by atoms with Crippen LogP contribution in [-0.2, 0) is 9.59 Å². The van der Waals surface area contributed by atoms with Gasteiger partial charge in [0, 0.05) is 44.8 Å². The van der Waals surface area contributed by atoms with Crippen molar-refractivity contribution in [2.75, 3.05) is 49.6 Å². The number of anilines is 2. The lowest BCUT2D eigenvalue weighted by atomic mass is 10.1. The van der Waals surface area contributed by atoms with E-state index in [0.717, 1.165) is 22.9 Å². The molecule has 1 aromatic carbocycles. The summed E-state index contributed by atoms with van der Waals surface area (Å²) in [4.78, 5) is 31.2. The van der Waals surface area contributed by atoms with Crippen LogP contribution in [0.2, 0.25) is 0 Å². The van der Waals surface area contributed by atoms with Gasteiger partial charge >= 0.3 is 0 Å². The highest BCUT2D eigenvalue weighted by atomic mass is 16.5. The first-order chi connectivity index (χ1) is 14.0. The summed E-state index contributed by atoms with van der Waals surface area (Å²) in [6.45, 7) is 5.01.